The molecule has 2 atom stereocenters. The highest BCUT2D eigenvalue weighted by atomic mass is 32.2. The van der Waals surface area contributed by atoms with Crippen LogP contribution in [0.2, 0.25) is 0 Å². The van der Waals surface area contributed by atoms with Crippen molar-refractivity contribution in [1.82, 2.24) is 10.2 Å². The molecular weight excluding hydrogens is 444 g/mol. The van der Waals surface area contributed by atoms with Crippen molar-refractivity contribution in [2.24, 2.45) is 5.92 Å². The van der Waals surface area contributed by atoms with Gasteiger partial charge in [0.15, 0.2) is 16.4 Å². The Morgan fingerprint density at radius 3 is 2.39 bits per heavy atom. The maximum Gasteiger partial charge on any atom is 0.329 e. The zero-order chi connectivity index (χ0) is 24.2. The fourth-order valence-electron chi connectivity index (χ4n) is 4.69. The number of rotatable bonds is 8. The van der Waals surface area contributed by atoms with E-state index in [1.807, 2.05) is 13.0 Å². The van der Waals surface area contributed by atoms with Gasteiger partial charge in [-0.15, -0.1) is 0 Å². The third kappa shape index (κ3) is 6.56. The summed E-state index contributed by atoms with van der Waals surface area (Å²) in [6.45, 7) is 4.99. The first-order valence-corrected chi connectivity index (χ1v) is 13.5. The van der Waals surface area contributed by atoms with Gasteiger partial charge in [-0.25, -0.2) is 13.2 Å². The quantitative estimate of drug-likeness (QED) is 0.574. The molecule has 1 aromatic carbocycles. The summed E-state index contributed by atoms with van der Waals surface area (Å²) in [6.07, 6.45) is 4.07. The number of esters is 1. The summed E-state index contributed by atoms with van der Waals surface area (Å²) < 4.78 is 29.3. The van der Waals surface area contributed by atoms with E-state index in [9.17, 15) is 22.8 Å². The molecule has 0 aromatic heterocycles. The van der Waals surface area contributed by atoms with Gasteiger partial charge in [0.05, 0.1) is 11.5 Å². The second kappa shape index (κ2) is 10.7. The summed E-state index contributed by atoms with van der Waals surface area (Å²) in [5, 5.41) is 2.72. The van der Waals surface area contributed by atoms with Crippen molar-refractivity contribution in [1.29, 1.82) is 0 Å². The molecule has 182 valence electrons. The van der Waals surface area contributed by atoms with Gasteiger partial charge in [-0.05, 0) is 44.2 Å². The first-order chi connectivity index (χ1) is 15.6. The normalized spacial score (nSPS) is 21.0. The minimum atomic E-state index is -3.15. The summed E-state index contributed by atoms with van der Waals surface area (Å²) in [6, 6.07) is 5.76. The topological polar surface area (TPSA) is 110 Å². The fraction of sp³-hybridized carbons (Fsp3) is 0.625. The van der Waals surface area contributed by atoms with Crippen LogP contribution in [0.5, 0.6) is 0 Å². The van der Waals surface area contributed by atoms with Gasteiger partial charge < -0.3 is 15.0 Å². The van der Waals surface area contributed by atoms with Crippen LogP contribution in [0, 0.1) is 12.8 Å². The maximum atomic E-state index is 13.1. The molecule has 0 radical (unpaired) electrons. The Balaban J connectivity index is 1.64. The van der Waals surface area contributed by atoms with E-state index in [4.69, 9.17) is 4.74 Å². The van der Waals surface area contributed by atoms with Crippen LogP contribution < -0.4 is 5.32 Å². The number of carbonyl (C=O) groups excluding carboxylic acids is 3. The number of hydrogen-bond acceptors (Lipinski definition) is 6. The summed E-state index contributed by atoms with van der Waals surface area (Å²) in [5.74, 6) is -1.63. The number of ether oxygens (including phenoxy) is 1. The van der Waals surface area contributed by atoms with E-state index in [1.54, 1.807) is 36.9 Å². The average molecular weight is 479 g/mol. The van der Waals surface area contributed by atoms with Crippen LogP contribution in [0.4, 0.5) is 0 Å². The van der Waals surface area contributed by atoms with Gasteiger partial charge in [0, 0.05) is 17.6 Å². The predicted octanol–water partition coefficient (Wildman–Crippen LogP) is 2.25. The van der Waals surface area contributed by atoms with Gasteiger partial charge in [-0.3, -0.25) is 9.59 Å². The van der Waals surface area contributed by atoms with E-state index in [2.05, 4.69) is 5.32 Å². The van der Waals surface area contributed by atoms with Crippen LogP contribution in [-0.2, 0) is 24.2 Å². The lowest BCUT2D eigenvalue weighted by Gasteiger charge is -2.34. The van der Waals surface area contributed by atoms with Crippen molar-refractivity contribution >= 4 is 27.6 Å². The van der Waals surface area contributed by atoms with Crippen molar-refractivity contribution in [2.75, 3.05) is 18.1 Å². The number of hydrogen-bond donors (Lipinski definition) is 1. The van der Waals surface area contributed by atoms with Crippen LogP contribution >= 0.6 is 0 Å². The standard InChI is InChI=1S/C24H34N2O6S/c1-16(2)22(25-23(28)18-8-6-7-17(3)13-18)24(29)32-14-21(27)26(19-9-4-5-10-19)20-11-12-33(30,31)15-20/h6-8,13,16,19-20,22H,4-5,9-12,14-15H2,1-3H3,(H,25,28)/t20?,22-/m0/s1. The Kier molecular flexibility index (Phi) is 8.15. The number of nitrogens with one attached hydrogen (secondary N) is 1. The molecule has 1 N–H and O–H groups in total. The maximum absolute atomic E-state index is 13.1. The Labute approximate surface area is 196 Å². The molecule has 9 heteroatoms. The second-order valence-electron chi connectivity index (χ2n) is 9.47. The van der Waals surface area contributed by atoms with E-state index in [1.165, 1.54) is 0 Å². The first kappa shape index (κ1) is 25.2. The molecule has 1 unspecified atom stereocenters. The Hall–Kier alpha value is -2.42. The van der Waals surface area contributed by atoms with E-state index >= 15 is 0 Å². The van der Waals surface area contributed by atoms with E-state index in [-0.39, 0.29) is 41.3 Å². The van der Waals surface area contributed by atoms with E-state index in [0.717, 1.165) is 31.2 Å². The summed E-state index contributed by atoms with van der Waals surface area (Å²) in [4.78, 5) is 40.1. The molecule has 3 rings (SSSR count). The van der Waals surface area contributed by atoms with Gasteiger partial charge in [-0.1, -0.05) is 44.4 Å². The predicted molar refractivity (Wildman–Crippen MR) is 124 cm³/mol. The lowest BCUT2D eigenvalue weighted by Crippen LogP contribution is -2.50. The lowest BCUT2D eigenvalue weighted by atomic mass is 10.0. The van der Waals surface area contributed by atoms with Gasteiger partial charge in [0.2, 0.25) is 0 Å². The van der Waals surface area contributed by atoms with Crippen LogP contribution in [0.25, 0.3) is 0 Å². The highest BCUT2D eigenvalue weighted by molar-refractivity contribution is 7.91. The van der Waals surface area contributed by atoms with Crippen LogP contribution in [-0.4, -0.2) is 67.3 Å². The molecule has 33 heavy (non-hydrogen) atoms. The summed E-state index contributed by atoms with van der Waals surface area (Å²) in [5.41, 5.74) is 1.37. The summed E-state index contributed by atoms with van der Waals surface area (Å²) in [7, 11) is -3.15. The molecule has 0 bridgehead atoms. The SMILES string of the molecule is Cc1cccc(C(=O)N[C@H](C(=O)OCC(=O)N(C2CCCC2)C2CCS(=O)(=O)C2)C(C)C)c1. The highest BCUT2D eigenvalue weighted by Crippen LogP contribution is 2.29. The third-order valence-electron chi connectivity index (χ3n) is 6.43. The van der Waals surface area contributed by atoms with Crippen molar-refractivity contribution in [3.8, 4) is 0 Å². The Morgan fingerprint density at radius 2 is 1.82 bits per heavy atom. The van der Waals surface area contributed by atoms with E-state index < -0.39 is 28.5 Å². The molecule has 8 nitrogen and oxygen atoms in total. The van der Waals surface area contributed by atoms with Gasteiger partial charge in [0.25, 0.3) is 11.8 Å². The van der Waals surface area contributed by atoms with Crippen molar-refractivity contribution in [2.45, 2.75) is 71.0 Å². The van der Waals surface area contributed by atoms with Crippen LogP contribution in [0.15, 0.2) is 24.3 Å². The van der Waals surface area contributed by atoms with Gasteiger partial charge >= 0.3 is 5.97 Å². The Bertz CT molecular complexity index is 984. The van der Waals surface area contributed by atoms with Crippen molar-refractivity contribution in [3.63, 3.8) is 0 Å². The Morgan fingerprint density at radius 1 is 1.12 bits per heavy atom. The van der Waals surface area contributed by atoms with Crippen LogP contribution in [0.1, 0.15) is 61.9 Å². The molecule has 1 saturated carbocycles. The molecule has 1 aliphatic carbocycles. The molecule has 1 aliphatic heterocycles. The molecule has 0 spiro atoms. The molecule has 1 aromatic rings. The lowest BCUT2D eigenvalue weighted by molar-refractivity contribution is -0.156. The molecular formula is C24H34N2O6S. The molecule has 1 saturated heterocycles. The first-order valence-electron chi connectivity index (χ1n) is 11.6. The van der Waals surface area contributed by atoms with E-state index in [0.29, 0.717) is 12.0 Å². The van der Waals surface area contributed by atoms with Gasteiger partial charge in [0.1, 0.15) is 6.04 Å². The fourth-order valence-corrected chi connectivity index (χ4v) is 6.40. The smallest absolute Gasteiger partial charge is 0.329 e. The zero-order valence-electron chi connectivity index (χ0n) is 19.6. The zero-order valence-corrected chi connectivity index (χ0v) is 20.4. The number of nitrogens with zero attached hydrogens (tertiary/aromatic N) is 1. The highest BCUT2D eigenvalue weighted by Gasteiger charge is 2.39. The number of aryl methyl sites for hydroxylation is 1. The molecule has 2 amide bonds. The largest absolute Gasteiger partial charge is 0.454 e. The third-order valence-corrected chi connectivity index (χ3v) is 8.18. The minimum absolute atomic E-state index is 0.0172. The minimum Gasteiger partial charge on any atom is -0.454 e. The molecule has 2 aliphatic rings. The van der Waals surface area contributed by atoms with Crippen molar-refractivity contribution < 1.29 is 27.5 Å². The number of carbonyl (C=O) groups is 3. The van der Waals surface area contributed by atoms with Gasteiger partial charge in [-0.2, -0.15) is 0 Å². The molecule has 1 heterocycles. The monoisotopic (exact) mass is 478 g/mol. The second-order valence-corrected chi connectivity index (χ2v) is 11.7. The number of amides is 2. The van der Waals surface area contributed by atoms with Crippen LogP contribution in [0.3, 0.4) is 0 Å². The number of benzene rings is 1. The summed E-state index contributed by atoms with van der Waals surface area (Å²) >= 11 is 0. The van der Waals surface area contributed by atoms with Crippen molar-refractivity contribution in [3.05, 3.63) is 35.4 Å². The number of sulfone groups is 1. The molecule has 2 fully saturated rings. The average Bonchev–Trinajstić information content (AvgIpc) is 3.40.